The van der Waals surface area contributed by atoms with E-state index in [9.17, 15) is 0 Å². The summed E-state index contributed by atoms with van der Waals surface area (Å²) in [6.45, 7) is 7.24. The zero-order valence-electron chi connectivity index (χ0n) is 14.3. The van der Waals surface area contributed by atoms with Gasteiger partial charge >= 0.3 is 0 Å². The van der Waals surface area contributed by atoms with Gasteiger partial charge < -0.3 is 15.2 Å². The highest BCUT2D eigenvalue weighted by molar-refractivity contribution is 5.77. The largest absolute Gasteiger partial charge is 0.370 e. The standard InChI is InChI=1S/C20H24N4/c1-14-10-18-19(11-15(14)2)23-20(22-18)12-21-16-8-9-24(13-16)17-6-4-3-5-7-17/h3-7,10-11,16,21H,8-9,12-13H2,1-2H3,(H,22,23). The van der Waals surface area contributed by atoms with Crippen LogP contribution in [-0.2, 0) is 6.54 Å². The van der Waals surface area contributed by atoms with E-state index in [2.05, 4.69) is 71.5 Å². The predicted molar refractivity (Wildman–Crippen MR) is 99.5 cm³/mol. The highest BCUT2D eigenvalue weighted by atomic mass is 15.2. The molecule has 0 amide bonds. The van der Waals surface area contributed by atoms with Crippen molar-refractivity contribution in [1.29, 1.82) is 0 Å². The molecule has 4 rings (SSSR count). The van der Waals surface area contributed by atoms with Crippen LogP contribution in [0.25, 0.3) is 11.0 Å². The second-order valence-corrected chi connectivity index (χ2v) is 6.79. The van der Waals surface area contributed by atoms with Gasteiger partial charge in [-0.15, -0.1) is 0 Å². The van der Waals surface area contributed by atoms with Crippen LogP contribution in [-0.4, -0.2) is 29.1 Å². The van der Waals surface area contributed by atoms with Crippen molar-refractivity contribution in [2.24, 2.45) is 0 Å². The van der Waals surface area contributed by atoms with Crippen molar-refractivity contribution < 1.29 is 0 Å². The van der Waals surface area contributed by atoms with Crippen molar-refractivity contribution in [1.82, 2.24) is 15.3 Å². The maximum atomic E-state index is 4.72. The Labute approximate surface area is 142 Å². The second kappa shape index (κ2) is 6.29. The smallest absolute Gasteiger partial charge is 0.121 e. The average Bonchev–Trinajstić information content (AvgIpc) is 3.21. The maximum absolute atomic E-state index is 4.72. The van der Waals surface area contributed by atoms with E-state index in [0.717, 1.165) is 36.5 Å². The summed E-state index contributed by atoms with van der Waals surface area (Å²) in [5.41, 5.74) is 6.11. The summed E-state index contributed by atoms with van der Waals surface area (Å²) in [4.78, 5) is 10.6. The van der Waals surface area contributed by atoms with Crippen LogP contribution in [0.4, 0.5) is 5.69 Å². The lowest BCUT2D eigenvalue weighted by Crippen LogP contribution is -2.32. The van der Waals surface area contributed by atoms with E-state index in [0.29, 0.717) is 6.04 Å². The number of nitrogens with one attached hydrogen (secondary N) is 2. The fraction of sp³-hybridized carbons (Fsp3) is 0.350. The summed E-state index contributed by atoms with van der Waals surface area (Å²) in [6, 6.07) is 15.5. The van der Waals surface area contributed by atoms with Crippen molar-refractivity contribution in [3.63, 3.8) is 0 Å². The number of para-hydroxylation sites is 1. The fourth-order valence-electron chi connectivity index (χ4n) is 3.45. The van der Waals surface area contributed by atoms with Gasteiger partial charge in [-0.1, -0.05) is 18.2 Å². The average molecular weight is 320 g/mol. The number of aryl methyl sites for hydroxylation is 2. The van der Waals surface area contributed by atoms with Crippen LogP contribution in [0.2, 0.25) is 0 Å². The molecular formula is C20H24N4. The number of hydrogen-bond acceptors (Lipinski definition) is 3. The molecule has 4 nitrogen and oxygen atoms in total. The Morgan fingerprint density at radius 1 is 1.17 bits per heavy atom. The number of rotatable bonds is 4. The molecule has 1 saturated heterocycles. The fourth-order valence-corrected chi connectivity index (χ4v) is 3.45. The SMILES string of the molecule is Cc1cc2nc(CNC3CCN(c4ccccc4)C3)[nH]c2cc1C. The molecule has 0 saturated carbocycles. The molecule has 0 spiro atoms. The molecule has 3 aromatic rings. The highest BCUT2D eigenvalue weighted by Gasteiger charge is 2.22. The van der Waals surface area contributed by atoms with Crippen LogP contribution in [0, 0.1) is 13.8 Å². The number of aromatic nitrogens is 2. The molecule has 2 heterocycles. The topological polar surface area (TPSA) is 44.0 Å². The Hall–Kier alpha value is -2.33. The highest BCUT2D eigenvalue weighted by Crippen LogP contribution is 2.20. The van der Waals surface area contributed by atoms with Gasteiger partial charge in [0, 0.05) is 24.8 Å². The third kappa shape index (κ3) is 3.02. The number of anilines is 1. The van der Waals surface area contributed by atoms with Crippen molar-refractivity contribution >= 4 is 16.7 Å². The minimum atomic E-state index is 0.516. The van der Waals surface area contributed by atoms with Crippen LogP contribution in [0.3, 0.4) is 0 Å². The number of fused-ring (bicyclic) bond motifs is 1. The predicted octanol–water partition coefficient (Wildman–Crippen LogP) is 3.55. The van der Waals surface area contributed by atoms with E-state index in [1.807, 2.05) is 0 Å². The molecule has 24 heavy (non-hydrogen) atoms. The van der Waals surface area contributed by atoms with E-state index in [-0.39, 0.29) is 0 Å². The first kappa shape index (κ1) is 15.2. The molecule has 0 aliphatic carbocycles. The molecule has 1 aromatic heterocycles. The van der Waals surface area contributed by atoms with Gasteiger partial charge in [0.25, 0.3) is 0 Å². The van der Waals surface area contributed by atoms with Crippen molar-refractivity contribution in [2.75, 3.05) is 18.0 Å². The monoisotopic (exact) mass is 320 g/mol. The summed E-state index contributed by atoms with van der Waals surface area (Å²) in [5, 5.41) is 3.65. The van der Waals surface area contributed by atoms with Gasteiger partial charge in [0.1, 0.15) is 5.82 Å². The Bertz CT molecular complexity index is 798. The third-order valence-corrected chi connectivity index (χ3v) is 5.01. The molecule has 1 atom stereocenters. The summed E-state index contributed by atoms with van der Waals surface area (Å²) in [7, 11) is 0. The number of nitrogens with zero attached hydrogens (tertiary/aromatic N) is 2. The summed E-state index contributed by atoms with van der Waals surface area (Å²) in [5.74, 6) is 1.02. The number of benzene rings is 2. The lowest BCUT2D eigenvalue weighted by molar-refractivity contribution is 0.541. The third-order valence-electron chi connectivity index (χ3n) is 5.01. The number of H-pyrrole nitrogens is 1. The van der Waals surface area contributed by atoms with E-state index < -0.39 is 0 Å². The van der Waals surface area contributed by atoms with E-state index in [4.69, 9.17) is 4.98 Å². The van der Waals surface area contributed by atoms with Crippen LogP contribution < -0.4 is 10.2 Å². The zero-order chi connectivity index (χ0) is 16.5. The van der Waals surface area contributed by atoms with Gasteiger partial charge in [0.2, 0.25) is 0 Å². The molecular weight excluding hydrogens is 296 g/mol. The van der Waals surface area contributed by atoms with Crippen LogP contribution in [0.5, 0.6) is 0 Å². The molecule has 2 aromatic carbocycles. The second-order valence-electron chi connectivity index (χ2n) is 6.79. The van der Waals surface area contributed by atoms with Gasteiger partial charge in [-0.3, -0.25) is 0 Å². The van der Waals surface area contributed by atoms with Crippen molar-refractivity contribution in [2.45, 2.75) is 32.9 Å². The summed E-state index contributed by atoms with van der Waals surface area (Å²) < 4.78 is 0. The first-order valence-corrected chi connectivity index (χ1v) is 8.68. The van der Waals surface area contributed by atoms with Gasteiger partial charge in [0.05, 0.1) is 17.6 Å². The first-order chi connectivity index (χ1) is 11.7. The lowest BCUT2D eigenvalue weighted by atomic mass is 10.1. The molecule has 124 valence electrons. The Morgan fingerprint density at radius 2 is 1.96 bits per heavy atom. The number of imidazole rings is 1. The maximum Gasteiger partial charge on any atom is 0.121 e. The molecule has 1 aliphatic rings. The van der Waals surface area contributed by atoms with Crippen molar-refractivity contribution in [3.05, 3.63) is 59.4 Å². The van der Waals surface area contributed by atoms with Gasteiger partial charge in [-0.25, -0.2) is 4.98 Å². The zero-order valence-corrected chi connectivity index (χ0v) is 14.3. The Kier molecular flexibility index (Phi) is 3.98. The normalized spacial score (nSPS) is 17.8. The van der Waals surface area contributed by atoms with E-state index >= 15 is 0 Å². The van der Waals surface area contributed by atoms with Gasteiger partial charge in [0.15, 0.2) is 0 Å². The van der Waals surface area contributed by atoms with Gasteiger partial charge in [-0.05, 0) is 55.7 Å². The van der Waals surface area contributed by atoms with Crippen LogP contribution in [0.1, 0.15) is 23.4 Å². The molecule has 1 aliphatic heterocycles. The van der Waals surface area contributed by atoms with E-state index in [1.165, 1.54) is 23.2 Å². The Morgan fingerprint density at radius 3 is 2.79 bits per heavy atom. The van der Waals surface area contributed by atoms with Gasteiger partial charge in [-0.2, -0.15) is 0 Å². The van der Waals surface area contributed by atoms with Crippen LogP contribution in [0.15, 0.2) is 42.5 Å². The quantitative estimate of drug-likeness (QED) is 0.773. The molecule has 1 unspecified atom stereocenters. The molecule has 0 bridgehead atoms. The molecule has 0 radical (unpaired) electrons. The minimum Gasteiger partial charge on any atom is -0.370 e. The summed E-state index contributed by atoms with van der Waals surface area (Å²) >= 11 is 0. The van der Waals surface area contributed by atoms with Crippen LogP contribution >= 0.6 is 0 Å². The molecule has 2 N–H and O–H groups in total. The summed E-state index contributed by atoms with van der Waals surface area (Å²) in [6.07, 6.45) is 1.17. The number of hydrogen-bond donors (Lipinski definition) is 2. The molecule has 4 heteroatoms. The minimum absolute atomic E-state index is 0.516. The van der Waals surface area contributed by atoms with E-state index in [1.54, 1.807) is 0 Å². The lowest BCUT2D eigenvalue weighted by Gasteiger charge is -2.18. The Balaban J connectivity index is 1.39. The van der Waals surface area contributed by atoms with Crippen molar-refractivity contribution in [3.8, 4) is 0 Å². The molecule has 1 fully saturated rings. The number of aromatic amines is 1. The first-order valence-electron chi connectivity index (χ1n) is 8.68.